The molecule has 0 radical (unpaired) electrons. The molecule has 3 heteroatoms. The second-order valence-corrected chi connectivity index (χ2v) is 5.18. The molecule has 1 saturated carbocycles. The van der Waals surface area contributed by atoms with Crippen molar-refractivity contribution in [1.82, 2.24) is 10.3 Å². The molecule has 1 aromatic rings. The highest BCUT2D eigenvalue weighted by molar-refractivity contribution is 5.42. The summed E-state index contributed by atoms with van der Waals surface area (Å²) in [6.45, 7) is 4.13. The lowest BCUT2D eigenvalue weighted by Crippen LogP contribution is -2.30. The number of nitrogens with zero attached hydrogens (tertiary/aromatic N) is 2. The average molecular weight is 233 g/mol. The molecule has 0 atom stereocenters. The third kappa shape index (κ3) is 3.19. The van der Waals surface area contributed by atoms with Crippen molar-refractivity contribution < 1.29 is 0 Å². The summed E-state index contributed by atoms with van der Waals surface area (Å²) in [7, 11) is 4.14. The van der Waals surface area contributed by atoms with Crippen LogP contribution in [0.5, 0.6) is 0 Å². The molecule has 94 valence electrons. The van der Waals surface area contributed by atoms with Crippen molar-refractivity contribution in [2.24, 2.45) is 5.92 Å². The van der Waals surface area contributed by atoms with Gasteiger partial charge in [0.2, 0.25) is 0 Å². The first-order valence-corrected chi connectivity index (χ1v) is 6.52. The monoisotopic (exact) mass is 233 g/mol. The largest absolute Gasteiger partial charge is 0.359 e. The molecule has 0 unspecified atom stereocenters. The minimum Gasteiger partial charge on any atom is -0.359 e. The van der Waals surface area contributed by atoms with E-state index in [9.17, 15) is 0 Å². The molecule has 17 heavy (non-hydrogen) atoms. The molecule has 0 bridgehead atoms. The maximum absolute atomic E-state index is 4.63. The summed E-state index contributed by atoms with van der Waals surface area (Å²) in [5.41, 5.74) is 2.42. The van der Waals surface area contributed by atoms with Crippen molar-refractivity contribution >= 4 is 5.82 Å². The van der Waals surface area contributed by atoms with Crippen LogP contribution in [-0.2, 0) is 6.54 Å². The predicted molar refractivity (Wildman–Crippen MR) is 72.3 cm³/mol. The fourth-order valence-corrected chi connectivity index (χ4v) is 2.38. The highest BCUT2D eigenvalue weighted by atomic mass is 15.2. The lowest BCUT2D eigenvalue weighted by molar-refractivity contribution is 0.321. The number of anilines is 1. The molecule has 1 aromatic heterocycles. The number of aromatic nitrogens is 1. The molecule has 3 nitrogen and oxygen atoms in total. The van der Waals surface area contributed by atoms with Gasteiger partial charge in [-0.15, -0.1) is 0 Å². The Kier molecular flexibility index (Phi) is 4.00. The average Bonchev–Trinajstić information content (AvgIpc) is 2.23. The van der Waals surface area contributed by atoms with Gasteiger partial charge in [0.15, 0.2) is 0 Å². The third-order valence-electron chi connectivity index (χ3n) is 3.53. The fourth-order valence-electron chi connectivity index (χ4n) is 2.38. The second-order valence-electron chi connectivity index (χ2n) is 5.18. The number of aryl methyl sites for hydroxylation is 1. The van der Waals surface area contributed by atoms with Crippen LogP contribution in [0, 0.1) is 12.8 Å². The van der Waals surface area contributed by atoms with Crippen LogP contribution in [0.2, 0.25) is 0 Å². The molecule has 0 aromatic carbocycles. The van der Waals surface area contributed by atoms with E-state index < -0.39 is 0 Å². The summed E-state index contributed by atoms with van der Waals surface area (Å²) in [5.74, 6) is 2.00. The molecule has 1 aliphatic carbocycles. The molecule has 1 N–H and O–H groups in total. The zero-order valence-corrected chi connectivity index (χ0v) is 11.2. The van der Waals surface area contributed by atoms with Gasteiger partial charge in [0.05, 0.1) is 0 Å². The molecule has 0 aliphatic heterocycles. The van der Waals surface area contributed by atoms with Gasteiger partial charge in [0.25, 0.3) is 0 Å². The smallest absolute Gasteiger partial charge is 0.128 e. The van der Waals surface area contributed by atoms with Crippen LogP contribution in [0.25, 0.3) is 0 Å². The summed E-state index contributed by atoms with van der Waals surface area (Å²) in [4.78, 5) is 6.93. The van der Waals surface area contributed by atoms with Gasteiger partial charge in [-0.25, -0.2) is 4.98 Å². The Morgan fingerprint density at radius 1 is 1.41 bits per heavy atom. The lowest BCUT2D eigenvalue weighted by atomic mass is 9.85. The molecule has 1 heterocycles. The highest BCUT2D eigenvalue weighted by Gasteiger charge is 2.19. The van der Waals surface area contributed by atoms with E-state index in [1.807, 2.05) is 7.05 Å². The third-order valence-corrected chi connectivity index (χ3v) is 3.53. The Morgan fingerprint density at radius 2 is 2.18 bits per heavy atom. The number of nitrogens with one attached hydrogen (secondary N) is 1. The van der Waals surface area contributed by atoms with Gasteiger partial charge >= 0.3 is 0 Å². The van der Waals surface area contributed by atoms with Gasteiger partial charge < -0.3 is 10.2 Å². The summed E-state index contributed by atoms with van der Waals surface area (Å²) >= 11 is 0. The van der Waals surface area contributed by atoms with Gasteiger partial charge in [-0.3, -0.25) is 0 Å². The number of pyridine rings is 1. The topological polar surface area (TPSA) is 28.2 Å². The quantitative estimate of drug-likeness (QED) is 0.846. The van der Waals surface area contributed by atoms with Gasteiger partial charge in [0, 0.05) is 25.8 Å². The van der Waals surface area contributed by atoms with Crippen molar-refractivity contribution in [3.63, 3.8) is 0 Å². The van der Waals surface area contributed by atoms with E-state index in [-0.39, 0.29) is 0 Å². The van der Waals surface area contributed by atoms with Gasteiger partial charge in [-0.1, -0.05) is 6.42 Å². The lowest BCUT2D eigenvalue weighted by Gasteiger charge is -2.31. The first-order chi connectivity index (χ1) is 8.19. The van der Waals surface area contributed by atoms with Gasteiger partial charge in [-0.05, 0) is 50.4 Å². The van der Waals surface area contributed by atoms with Crippen LogP contribution in [0.15, 0.2) is 12.1 Å². The minimum absolute atomic E-state index is 0.884. The van der Waals surface area contributed by atoms with E-state index in [1.54, 1.807) is 0 Å². The van der Waals surface area contributed by atoms with Crippen LogP contribution in [0.4, 0.5) is 5.82 Å². The van der Waals surface area contributed by atoms with Gasteiger partial charge in [0.1, 0.15) is 5.82 Å². The zero-order valence-electron chi connectivity index (χ0n) is 11.2. The van der Waals surface area contributed by atoms with Crippen molar-refractivity contribution in [1.29, 1.82) is 0 Å². The molecule has 0 saturated heterocycles. The summed E-state index contributed by atoms with van der Waals surface area (Å²) < 4.78 is 0. The SMILES string of the molecule is CNCc1cc(C)nc(N(C)CC2CCC2)c1. The van der Waals surface area contributed by atoms with Crippen LogP contribution < -0.4 is 10.2 Å². The normalized spacial score (nSPS) is 15.7. The Balaban J connectivity index is 2.06. The molecule has 0 spiro atoms. The molecule has 2 rings (SSSR count). The molecular weight excluding hydrogens is 210 g/mol. The Morgan fingerprint density at radius 3 is 2.76 bits per heavy atom. The molecule has 0 amide bonds. The number of hydrogen-bond acceptors (Lipinski definition) is 3. The Bertz CT molecular complexity index is 372. The summed E-state index contributed by atoms with van der Waals surface area (Å²) in [5, 5.41) is 3.19. The van der Waals surface area contributed by atoms with E-state index in [2.05, 4.69) is 41.3 Å². The minimum atomic E-state index is 0.884. The van der Waals surface area contributed by atoms with Crippen LogP contribution in [0.1, 0.15) is 30.5 Å². The second kappa shape index (κ2) is 5.50. The van der Waals surface area contributed by atoms with Crippen LogP contribution in [-0.4, -0.2) is 25.6 Å². The Labute approximate surface area is 104 Å². The van der Waals surface area contributed by atoms with Crippen molar-refractivity contribution in [3.8, 4) is 0 Å². The first-order valence-electron chi connectivity index (χ1n) is 6.52. The standard InChI is InChI=1S/C14H23N3/c1-11-7-13(9-15-2)8-14(16-11)17(3)10-12-5-4-6-12/h7-8,12,15H,4-6,9-10H2,1-3H3. The Hall–Kier alpha value is -1.09. The van der Waals surface area contributed by atoms with E-state index in [1.165, 1.54) is 24.8 Å². The van der Waals surface area contributed by atoms with Crippen LogP contribution >= 0.6 is 0 Å². The fraction of sp³-hybridized carbons (Fsp3) is 0.643. The van der Waals surface area contributed by atoms with Gasteiger partial charge in [-0.2, -0.15) is 0 Å². The van der Waals surface area contributed by atoms with E-state index >= 15 is 0 Å². The maximum Gasteiger partial charge on any atom is 0.128 e. The van der Waals surface area contributed by atoms with Crippen molar-refractivity contribution in [2.45, 2.75) is 32.7 Å². The van der Waals surface area contributed by atoms with E-state index in [0.29, 0.717) is 0 Å². The van der Waals surface area contributed by atoms with E-state index in [0.717, 1.165) is 30.5 Å². The molecule has 1 aliphatic rings. The maximum atomic E-state index is 4.63. The van der Waals surface area contributed by atoms with E-state index in [4.69, 9.17) is 0 Å². The number of hydrogen-bond donors (Lipinski definition) is 1. The number of rotatable bonds is 5. The molecular formula is C14H23N3. The van der Waals surface area contributed by atoms with Crippen LogP contribution in [0.3, 0.4) is 0 Å². The summed E-state index contributed by atoms with van der Waals surface area (Å²) in [6.07, 6.45) is 4.18. The summed E-state index contributed by atoms with van der Waals surface area (Å²) in [6, 6.07) is 4.35. The van der Waals surface area contributed by atoms with Crippen molar-refractivity contribution in [2.75, 3.05) is 25.5 Å². The zero-order chi connectivity index (χ0) is 12.3. The predicted octanol–water partition coefficient (Wildman–Crippen LogP) is 2.35. The first kappa shape index (κ1) is 12.4. The molecule has 1 fully saturated rings. The van der Waals surface area contributed by atoms with Crippen molar-refractivity contribution in [3.05, 3.63) is 23.4 Å². The highest BCUT2D eigenvalue weighted by Crippen LogP contribution is 2.28.